The van der Waals surface area contributed by atoms with Gasteiger partial charge in [-0.15, -0.1) is 11.3 Å². The van der Waals surface area contributed by atoms with Crippen molar-refractivity contribution in [2.45, 2.75) is 13.8 Å². The lowest BCUT2D eigenvalue weighted by Gasteiger charge is -1.99. The summed E-state index contributed by atoms with van der Waals surface area (Å²) in [5.41, 5.74) is 2.02. The number of carbonyl (C=O) groups excluding carboxylic acids is 2. The van der Waals surface area contributed by atoms with E-state index in [2.05, 4.69) is 9.72 Å². The van der Waals surface area contributed by atoms with Crippen LogP contribution in [0.25, 0.3) is 16.5 Å². The molecule has 102 valence electrons. The number of aromatic nitrogens is 1. The molecule has 0 bridgehead atoms. The lowest BCUT2D eigenvalue weighted by Crippen LogP contribution is -1.99. The van der Waals surface area contributed by atoms with Crippen LogP contribution in [0.3, 0.4) is 0 Å². The van der Waals surface area contributed by atoms with Crippen molar-refractivity contribution in [2.75, 3.05) is 0 Å². The van der Waals surface area contributed by atoms with E-state index in [0.29, 0.717) is 0 Å². The summed E-state index contributed by atoms with van der Waals surface area (Å²) >= 11 is 1.51. The molecule has 0 aliphatic carbocycles. The minimum absolute atomic E-state index is 0.0410. The minimum Gasteiger partial charge on any atom is -0.425 e. The lowest BCUT2D eigenvalue weighted by atomic mass is 10.2. The molecule has 0 aliphatic rings. The molecule has 0 unspecified atom stereocenters. The van der Waals surface area contributed by atoms with Crippen LogP contribution in [0.2, 0.25) is 0 Å². The molecule has 20 heavy (non-hydrogen) atoms. The first kappa shape index (κ1) is 14.1. The van der Waals surface area contributed by atoms with Crippen molar-refractivity contribution in [2.24, 2.45) is 0 Å². The Balaban J connectivity index is 2.31. The van der Waals surface area contributed by atoms with Crippen molar-refractivity contribution < 1.29 is 14.3 Å². The number of hydrogen-bond donors (Lipinski definition) is 0. The van der Waals surface area contributed by atoms with Crippen LogP contribution >= 0.6 is 11.3 Å². The van der Waals surface area contributed by atoms with Gasteiger partial charge in [-0.1, -0.05) is 0 Å². The smallest absolute Gasteiger partial charge is 0.298 e. The van der Waals surface area contributed by atoms with Crippen LogP contribution in [0, 0.1) is 6.92 Å². The first-order chi connectivity index (χ1) is 9.60. The van der Waals surface area contributed by atoms with Crippen LogP contribution in [-0.2, 0) is 14.3 Å². The highest BCUT2D eigenvalue weighted by atomic mass is 32.1. The Morgan fingerprint density at radius 2 is 2.15 bits per heavy atom. The normalized spacial score (nSPS) is 11.2. The number of pyridine rings is 1. The summed E-state index contributed by atoms with van der Waals surface area (Å²) in [5, 5.41) is 0. The number of rotatable bonds is 5. The second kappa shape index (κ2) is 6.25. The summed E-state index contributed by atoms with van der Waals surface area (Å²) in [5.74, 6) is -0.244. The van der Waals surface area contributed by atoms with E-state index in [1.165, 1.54) is 18.3 Å². The Morgan fingerprint density at radius 1 is 1.35 bits per heavy atom. The summed E-state index contributed by atoms with van der Waals surface area (Å²) < 4.78 is 4.67. The van der Waals surface area contributed by atoms with E-state index in [1.54, 1.807) is 12.3 Å². The zero-order valence-corrected chi connectivity index (χ0v) is 11.9. The van der Waals surface area contributed by atoms with Gasteiger partial charge in [0.05, 0.1) is 0 Å². The summed E-state index contributed by atoms with van der Waals surface area (Å²) in [7, 11) is 0. The highest BCUT2D eigenvalue weighted by Crippen LogP contribution is 2.29. The number of aryl methyl sites for hydroxylation is 1. The van der Waals surface area contributed by atoms with Crippen LogP contribution in [0.4, 0.5) is 0 Å². The van der Waals surface area contributed by atoms with Gasteiger partial charge in [0.1, 0.15) is 0 Å². The maximum Gasteiger partial charge on any atom is 0.298 e. The fraction of sp³-hybridized carbons (Fsp3) is 0.133. The number of ketones is 1. The second-order valence-electron chi connectivity index (χ2n) is 4.17. The number of Topliss-reactive ketones (excluding diaryl/α,β-unsaturated/α-hetero) is 1. The maximum atomic E-state index is 11.3. The van der Waals surface area contributed by atoms with Crippen LogP contribution in [0.1, 0.15) is 17.5 Å². The van der Waals surface area contributed by atoms with Crippen molar-refractivity contribution in [3.63, 3.8) is 0 Å². The average Bonchev–Trinajstić information content (AvgIpc) is 2.87. The van der Waals surface area contributed by atoms with Gasteiger partial charge in [-0.2, -0.15) is 0 Å². The average molecular weight is 287 g/mol. The first-order valence-electron chi connectivity index (χ1n) is 5.96. The molecule has 0 N–H and O–H groups in total. The predicted molar refractivity (Wildman–Crippen MR) is 78.1 cm³/mol. The highest BCUT2D eigenvalue weighted by Gasteiger charge is 2.07. The Hall–Kier alpha value is -2.27. The summed E-state index contributed by atoms with van der Waals surface area (Å²) in [4.78, 5) is 27.7. The molecule has 5 heteroatoms. The van der Waals surface area contributed by atoms with Crippen molar-refractivity contribution in [3.05, 3.63) is 46.8 Å². The van der Waals surface area contributed by atoms with Gasteiger partial charge in [0.2, 0.25) is 0 Å². The lowest BCUT2D eigenvalue weighted by molar-refractivity contribution is -0.129. The molecule has 0 fully saturated rings. The molecule has 0 saturated carbocycles. The summed E-state index contributed by atoms with van der Waals surface area (Å²) in [6.45, 7) is 3.55. The van der Waals surface area contributed by atoms with Crippen LogP contribution in [0.5, 0.6) is 0 Å². The second-order valence-corrected chi connectivity index (χ2v) is 5.28. The third kappa shape index (κ3) is 3.39. The molecule has 0 radical (unpaired) electrons. The fourth-order valence-electron chi connectivity index (χ4n) is 1.68. The van der Waals surface area contributed by atoms with E-state index in [0.717, 1.165) is 21.0 Å². The van der Waals surface area contributed by atoms with Crippen LogP contribution in [0.15, 0.2) is 36.2 Å². The fourth-order valence-corrected chi connectivity index (χ4v) is 2.62. The first-order valence-corrected chi connectivity index (χ1v) is 6.77. The molecule has 0 amide bonds. The molecular formula is C15H13NO3S. The van der Waals surface area contributed by atoms with E-state index < -0.39 is 0 Å². The Morgan fingerprint density at radius 3 is 2.80 bits per heavy atom. The van der Waals surface area contributed by atoms with Crippen molar-refractivity contribution >= 4 is 29.7 Å². The number of thiophene rings is 1. The third-order valence-corrected chi connectivity index (χ3v) is 3.68. The summed E-state index contributed by atoms with van der Waals surface area (Å²) in [6, 6.07) is 7.77. The van der Waals surface area contributed by atoms with Crippen LogP contribution in [-0.4, -0.2) is 17.2 Å². The van der Waals surface area contributed by atoms with E-state index in [-0.39, 0.29) is 18.0 Å². The number of carbonyl (C=O) groups is 2. The van der Waals surface area contributed by atoms with Crippen molar-refractivity contribution in [3.8, 4) is 10.4 Å². The molecule has 4 nitrogen and oxygen atoms in total. The number of allylic oxidation sites excluding steroid dienone is 1. The van der Waals surface area contributed by atoms with Crippen LogP contribution < -0.4 is 0 Å². The monoisotopic (exact) mass is 287 g/mol. The zero-order chi connectivity index (χ0) is 14.5. The number of ether oxygens (including phenoxy) is 1. The van der Waals surface area contributed by atoms with Gasteiger partial charge < -0.3 is 4.74 Å². The molecule has 2 aromatic rings. The number of hydrogen-bond acceptors (Lipinski definition) is 5. The molecule has 2 aromatic heterocycles. The molecule has 0 saturated heterocycles. The van der Waals surface area contributed by atoms with Gasteiger partial charge in [0.25, 0.3) is 6.47 Å². The number of nitrogens with zero attached hydrogens (tertiary/aromatic N) is 1. The molecular weight excluding hydrogens is 274 g/mol. The molecule has 0 spiro atoms. The van der Waals surface area contributed by atoms with E-state index in [1.807, 2.05) is 31.2 Å². The van der Waals surface area contributed by atoms with Gasteiger partial charge in [0, 0.05) is 34.6 Å². The van der Waals surface area contributed by atoms with Gasteiger partial charge in [-0.25, -0.2) is 0 Å². The third-order valence-electron chi connectivity index (χ3n) is 2.60. The standard InChI is InChI=1S/C15H13NO3S/c1-10-7-12(5-6-16-10)15-4-3-13(20-15)8-14(11(2)18)19-9-17/h3-9H,1-2H3. The van der Waals surface area contributed by atoms with E-state index in [4.69, 9.17) is 0 Å². The highest BCUT2D eigenvalue weighted by molar-refractivity contribution is 7.16. The summed E-state index contributed by atoms with van der Waals surface area (Å²) in [6.07, 6.45) is 3.33. The molecule has 2 rings (SSSR count). The Bertz CT molecular complexity index is 673. The van der Waals surface area contributed by atoms with Gasteiger partial charge in [0.15, 0.2) is 11.5 Å². The molecule has 2 heterocycles. The maximum absolute atomic E-state index is 11.3. The molecule has 0 atom stereocenters. The zero-order valence-electron chi connectivity index (χ0n) is 11.1. The van der Waals surface area contributed by atoms with Crippen molar-refractivity contribution in [1.82, 2.24) is 4.98 Å². The Kier molecular flexibility index (Phi) is 4.42. The van der Waals surface area contributed by atoms with Gasteiger partial charge >= 0.3 is 0 Å². The van der Waals surface area contributed by atoms with E-state index in [9.17, 15) is 9.59 Å². The largest absolute Gasteiger partial charge is 0.425 e. The molecule has 0 aromatic carbocycles. The van der Waals surface area contributed by atoms with Gasteiger partial charge in [-0.05, 0) is 36.8 Å². The van der Waals surface area contributed by atoms with Crippen molar-refractivity contribution in [1.29, 1.82) is 0 Å². The predicted octanol–water partition coefficient (Wildman–Crippen LogP) is 3.22. The van der Waals surface area contributed by atoms with E-state index >= 15 is 0 Å². The minimum atomic E-state index is -0.285. The Labute approximate surface area is 120 Å². The topological polar surface area (TPSA) is 56.3 Å². The SMILES string of the molecule is CC(=O)C(=Cc1ccc(-c2ccnc(C)c2)s1)OC=O. The van der Waals surface area contributed by atoms with Gasteiger partial charge in [-0.3, -0.25) is 14.6 Å². The molecule has 0 aliphatic heterocycles. The quantitative estimate of drug-likeness (QED) is 0.481.